The minimum atomic E-state index is -0.0643. The van der Waals surface area contributed by atoms with Gasteiger partial charge in [0.25, 0.3) is 11.6 Å². The maximum Gasteiger partial charge on any atom is 0.299 e. The number of rotatable bonds is 5. The van der Waals surface area contributed by atoms with Crippen molar-refractivity contribution in [3.63, 3.8) is 0 Å². The van der Waals surface area contributed by atoms with Crippen molar-refractivity contribution >= 4 is 0 Å². The van der Waals surface area contributed by atoms with E-state index in [1.54, 1.807) is 13.1 Å². The van der Waals surface area contributed by atoms with Gasteiger partial charge in [0.15, 0.2) is 0 Å². The monoisotopic (exact) mass is 278 g/mol. The van der Waals surface area contributed by atoms with E-state index in [0.717, 1.165) is 31.4 Å². The smallest absolute Gasteiger partial charge is 0.299 e. The van der Waals surface area contributed by atoms with Gasteiger partial charge in [-0.3, -0.25) is 9.36 Å². The largest absolute Gasteiger partial charge is 0.465 e. The maximum atomic E-state index is 12.0. The molecule has 0 radical (unpaired) electrons. The van der Waals surface area contributed by atoms with E-state index in [1.165, 1.54) is 17.4 Å². The van der Waals surface area contributed by atoms with Gasteiger partial charge in [0.1, 0.15) is 5.60 Å². The van der Waals surface area contributed by atoms with Crippen LogP contribution in [0.1, 0.15) is 44.7 Å². The van der Waals surface area contributed by atoms with Gasteiger partial charge in [-0.15, -0.1) is 0 Å². The molecule has 2 heterocycles. The van der Waals surface area contributed by atoms with Gasteiger partial charge < -0.3 is 9.47 Å². The van der Waals surface area contributed by atoms with E-state index in [1.807, 2.05) is 6.92 Å². The lowest BCUT2D eigenvalue weighted by Crippen LogP contribution is -2.26. The summed E-state index contributed by atoms with van der Waals surface area (Å²) in [6.45, 7) is 2.61. The molecule has 1 aromatic rings. The van der Waals surface area contributed by atoms with Crippen LogP contribution < -0.4 is 10.3 Å². The van der Waals surface area contributed by atoms with Crippen LogP contribution >= 0.6 is 0 Å². The average molecular weight is 278 g/mol. The summed E-state index contributed by atoms with van der Waals surface area (Å²) in [6, 6.07) is 2.03. The number of hydrogen-bond acceptors (Lipinski definition) is 4. The molecule has 0 spiro atoms. The number of aromatic nitrogens is 2. The second kappa shape index (κ2) is 5.20. The number of ether oxygens (including phenoxy) is 2. The summed E-state index contributed by atoms with van der Waals surface area (Å²) in [6.07, 6.45) is 6.69. The highest BCUT2D eigenvalue weighted by Crippen LogP contribution is 2.49. The Morgan fingerprint density at radius 3 is 3.15 bits per heavy atom. The SMILES string of the molecule is CCCOc1nc(C[C@@]23CCCC[C@@H]2O3)cc(=O)n1C. The van der Waals surface area contributed by atoms with Crippen molar-refractivity contribution in [1.82, 2.24) is 9.55 Å². The number of hydrogen-bond donors (Lipinski definition) is 0. The van der Waals surface area contributed by atoms with Gasteiger partial charge in [0.05, 0.1) is 18.4 Å². The fourth-order valence-electron chi connectivity index (χ4n) is 3.07. The first kappa shape index (κ1) is 13.6. The number of epoxide rings is 1. The maximum absolute atomic E-state index is 12.0. The highest BCUT2D eigenvalue weighted by molar-refractivity contribution is 5.16. The third kappa shape index (κ3) is 2.46. The predicted molar refractivity (Wildman–Crippen MR) is 75.0 cm³/mol. The molecule has 5 heteroatoms. The molecule has 1 saturated heterocycles. The van der Waals surface area contributed by atoms with Gasteiger partial charge in [-0.05, 0) is 19.3 Å². The molecule has 1 saturated carbocycles. The summed E-state index contributed by atoms with van der Waals surface area (Å²) in [4.78, 5) is 16.5. The van der Waals surface area contributed by atoms with Gasteiger partial charge in [0, 0.05) is 19.5 Å². The lowest BCUT2D eigenvalue weighted by atomic mass is 9.86. The second-order valence-electron chi connectivity index (χ2n) is 5.87. The van der Waals surface area contributed by atoms with Crippen LogP contribution in [-0.4, -0.2) is 27.9 Å². The molecule has 0 bridgehead atoms. The van der Waals surface area contributed by atoms with Crippen molar-refractivity contribution in [3.05, 3.63) is 22.1 Å². The Labute approximate surface area is 118 Å². The van der Waals surface area contributed by atoms with E-state index in [4.69, 9.17) is 9.47 Å². The summed E-state index contributed by atoms with van der Waals surface area (Å²) in [5.41, 5.74) is 0.689. The minimum Gasteiger partial charge on any atom is -0.465 e. The normalized spacial score (nSPS) is 28.0. The standard InChI is InChI=1S/C15H22N2O3/c1-3-8-19-14-16-11(9-13(18)17(14)2)10-15-7-5-4-6-12(15)20-15/h9,12H,3-8,10H2,1-2H3/t12-,15-/m0/s1. The van der Waals surface area contributed by atoms with Crippen molar-refractivity contribution in [1.29, 1.82) is 0 Å². The zero-order valence-corrected chi connectivity index (χ0v) is 12.2. The predicted octanol–water partition coefficient (Wildman–Crippen LogP) is 1.82. The number of nitrogens with zero attached hydrogens (tertiary/aromatic N) is 2. The molecule has 2 aliphatic rings. The molecule has 3 rings (SSSR count). The Balaban J connectivity index is 1.80. The fourth-order valence-corrected chi connectivity index (χ4v) is 3.07. The first-order valence-electron chi connectivity index (χ1n) is 7.52. The Hall–Kier alpha value is -1.36. The fraction of sp³-hybridized carbons (Fsp3) is 0.733. The van der Waals surface area contributed by atoms with Gasteiger partial charge >= 0.3 is 0 Å². The molecule has 0 amide bonds. The second-order valence-corrected chi connectivity index (χ2v) is 5.87. The van der Waals surface area contributed by atoms with E-state index in [2.05, 4.69) is 4.98 Å². The molecule has 5 nitrogen and oxygen atoms in total. The van der Waals surface area contributed by atoms with Crippen LogP contribution in [0.2, 0.25) is 0 Å². The highest BCUT2D eigenvalue weighted by atomic mass is 16.6. The average Bonchev–Trinajstić information content (AvgIpc) is 3.15. The number of fused-ring (bicyclic) bond motifs is 1. The Morgan fingerprint density at radius 2 is 2.40 bits per heavy atom. The molecule has 1 aliphatic heterocycles. The summed E-state index contributed by atoms with van der Waals surface area (Å²) in [5.74, 6) is 0. The quantitative estimate of drug-likeness (QED) is 0.771. The molecule has 0 N–H and O–H groups in total. The zero-order valence-electron chi connectivity index (χ0n) is 12.2. The molecule has 0 unspecified atom stereocenters. The zero-order chi connectivity index (χ0) is 14.2. The van der Waals surface area contributed by atoms with Crippen LogP contribution in [0, 0.1) is 0 Å². The van der Waals surface area contributed by atoms with Crippen LogP contribution in [0.5, 0.6) is 6.01 Å². The minimum absolute atomic E-state index is 0.0420. The van der Waals surface area contributed by atoms with Gasteiger partial charge in [-0.2, -0.15) is 0 Å². The molecule has 0 aromatic carbocycles. The molecule has 1 aromatic heterocycles. The molecule has 2 atom stereocenters. The van der Waals surface area contributed by atoms with Crippen molar-refractivity contribution in [2.45, 2.75) is 57.2 Å². The molecule has 20 heavy (non-hydrogen) atoms. The van der Waals surface area contributed by atoms with Crippen LogP contribution in [0.15, 0.2) is 10.9 Å². The third-order valence-electron chi connectivity index (χ3n) is 4.29. The lowest BCUT2D eigenvalue weighted by Gasteiger charge is -2.17. The van der Waals surface area contributed by atoms with E-state index >= 15 is 0 Å². The van der Waals surface area contributed by atoms with E-state index in [-0.39, 0.29) is 11.2 Å². The van der Waals surface area contributed by atoms with Crippen LogP contribution in [0.3, 0.4) is 0 Å². The van der Waals surface area contributed by atoms with Crippen molar-refractivity contribution < 1.29 is 9.47 Å². The van der Waals surface area contributed by atoms with Crippen molar-refractivity contribution in [3.8, 4) is 6.01 Å². The van der Waals surface area contributed by atoms with E-state index < -0.39 is 0 Å². The summed E-state index contributed by atoms with van der Waals surface area (Å²) < 4.78 is 12.9. The summed E-state index contributed by atoms with van der Waals surface area (Å²) in [7, 11) is 1.69. The van der Waals surface area contributed by atoms with Crippen LogP contribution in [0.4, 0.5) is 0 Å². The van der Waals surface area contributed by atoms with Gasteiger partial charge in [-0.25, -0.2) is 4.98 Å². The summed E-state index contributed by atoms with van der Waals surface area (Å²) in [5, 5.41) is 0. The van der Waals surface area contributed by atoms with Crippen molar-refractivity contribution in [2.24, 2.45) is 7.05 Å². The van der Waals surface area contributed by atoms with E-state index in [9.17, 15) is 4.79 Å². The first-order valence-corrected chi connectivity index (χ1v) is 7.52. The topological polar surface area (TPSA) is 56.6 Å². The van der Waals surface area contributed by atoms with Crippen molar-refractivity contribution in [2.75, 3.05) is 6.61 Å². The molecule has 110 valence electrons. The van der Waals surface area contributed by atoms with Gasteiger partial charge in [-0.1, -0.05) is 19.8 Å². The Kier molecular flexibility index (Phi) is 3.54. The molecule has 1 aliphatic carbocycles. The first-order chi connectivity index (χ1) is 9.64. The Morgan fingerprint density at radius 1 is 1.55 bits per heavy atom. The van der Waals surface area contributed by atoms with Gasteiger partial charge in [0.2, 0.25) is 0 Å². The molecule has 2 fully saturated rings. The van der Waals surface area contributed by atoms with Crippen LogP contribution in [0.25, 0.3) is 0 Å². The molecular formula is C15H22N2O3. The van der Waals surface area contributed by atoms with Crippen LogP contribution in [-0.2, 0) is 18.2 Å². The van der Waals surface area contributed by atoms with E-state index in [0.29, 0.717) is 18.7 Å². The molecular weight excluding hydrogens is 256 g/mol. The Bertz CT molecular complexity index is 555. The third-order valence-corrected chi connectivity index (χ3v) is 4.29. The lowest BCUT2D eigenvalue weighted by molar-refractivity contribution is 0.267. The highest BCUT2D eigenvalue weighted by Gasteiger charge is 2.57. The summed E-state index contributed by atoms with van der Waals surface area (Å²) >= 11 is 0.